The summed E-state index contributed by atoms with van der Waals surface area (Å²) in [7, 11) is -2.77. The summed E-state index contributed by atoms with van der Waals surface area (Å²) in [6.07, 6.45) is 12.0. The van der Waals surface area contributed by atoms with E-state index < -0.39 is 8.07 Å². The van der Waals surface area contributed by atoms with Gasteiger partial charge in [-0.2, -0.15) is 0 Å². The lowest BCUT2D eigenvalue weighted by molar-refractivity contribution is 0.671. The Kier molecular flexibility index (Phi) is 8.12. The van der Waals surface area contributed by atoms with Crippen molar-refractivity contribution < 1.29 is 4.42 Å². The molecule has 1 aliphatic carbocycles. The lowest BCUT2D eigenvalue weighted by Gasteiger charge is -2.47. The summed E-state index contributed by atoms with van der Waals surface area (Å²) in [5, 5.41) is 17.1. The molecule has 0 fully saturated rings. The maximum absolute atomic E-state index is 8.59. The Hall–Kier alpha value is -6.82. The summed E-state index contributed by atoms with van der Waals surface area (Å²) in [5.41, 5.74) is 6.58. The Morgan fingerprint density at radius 1 is 0.661 bits per heavy atom. The highest BCUT2D eigenvalue weighted by Gasteiger charge is 2.52. The van der Waals surface area contributed by atoms with Gasteiger partial charge in [-0.3, -0.25) is 5.41 Å². The van der Waals surface area contributed by atoms with E-state index >= 15 is 0 Å². The molecule has 0 spiro atoms. The van der Waals surface area contributed by atoms with Gasteiger partial charge in [-0.25, -0.2) is 4.99 Å². The van der Waals surface area contributed by atoms with Crippen molar-refractivity contribution in [2.45, 2.75) is 18.4 Å². The van der Waals surface area contributed by atoms with Crippen LogP contribution in [0.5, 0.6) is 0 Å². The first-order chi connectivity index (χ1) is 27.5. The minimum atomic E-state index is -2.77. The molecule has 10 rings (SSSR count). The van der Waals surface area contributed by atoms with Crippen LogP contribution in [0, 0.1) is 5.41 Å². The highest BCUT2D eigenvalue weighted by atomic mass is 28.3. The van der Waals surface area contributed by atoms with Crippen molar-refractivity contribution >= 4 is 79.4 Å². The number of nitrogens with one attached hydrogen (secondary N) is 1. The van der Waals surface area contributed by atoms with Crippen molar-refractivity contribution in [1.82, 2.24) is 4.57 Å². The molecule has 0 amide bonds. The molecule has 9 aromatic rings. The minimum absolute atomic E-state index is 0.135. The van der Waals surface area contributed by atoms with Crippen LogP contribution in [-0.2, 0) is 0 Å². The number of hydrogen-bond acceptors (Lipinski definition) is 2. The van der Waals surface area contributed by atoms with Crippen molar-refractivity contribution in [3.05, 3.63) is 205 Å². The number of fused-ring (bicyclic) bond motifs is 7. The van der Waals surface area contributed by atoms with Crippen LogP contribution in [0.2, 0.25) is 5.04 Å². The quantitative estimate of drug-likeness (QED) is 0.0753. The second kappa shape index (κ2) is 13.5. The molecule has 1 atom stereocenters. The van der Waals surface area contributed by atoms with Gasteiger partial charge in [-0.05, 0) is 62.9 Å². The highest BCUT2D eigenvalue weighted by molar-refractivity contribution is 7.13. The number of nitrogens with zero attached hydrogens (tertiary/aromatic N) is 2. The van der Waals surface area contributed by atoms with Crippen molar-refractivity contribution in [3.8, 4) is 5.69 Å². The van der Waals surface area contributed by atoms with Gasteiger partial charge < -0.3 is 8.98 Å². The van der Waals surface area contributed by atoms with Gasteiger partial charge >= 0.3 is 0 Å². The molecule has 0 bridgehead atoms. The normalized spacial score (nSPS) is 15.8. The van der Waals surface area contributed by atoms with Crippen LogP contribution in [0.4, 0.5) is 0 Å². The van der Waals surface area contributed by atoms with Crippen LogP contribution in [-0.4, -0.2) is 24.7 Å². The highest BCUT2D eigenvalue weighted by Crippen LogP contribution is 2.46. The lowest BCUT2D eigenvalue weighted by Crippen LogP contribution is -2.73. The SMILES string of the molecule is CC1([Si](c2ccccc2)(c2ccccc2)c2ccc3c(c2)c2ccc4c5ccccc5oc4c2n3-c2cccc(/C=N/C(=N)c3ccccc3)c2)C=CC=CC1. The molecular formula is C51H39N3OSi. The number of para-hydroxylation sites is 1. The van der Waals surface area contributed by atoms with Gasteiger partial charge in [-0.1, -0.05) is 171 Å². The zero-order valence-corrected chi connectivity index (χ0v) is 32.1. The molecule has 268 valence electrons. The van der Waals surface area contributed by atoms with Crippen LogP contribution in [0.1, 0.15) is 24.5 Å². The largest absolute Gasteiger partial charge is 0.454 e. The van der Waals surface area contributed by atoms with E-state index in [1.165, 1.54) is 20.9 Å². The van der Waals surface area contributed by atoms with Crippen molar-refractivity contribution in [2.75, 3.05) is 0 Å². The number of hydrogen-bond donors (Lipinski definition) is 1. The van der Waals surface area contributed by atoms with Crippen molar-refractivity contribution in [3.63, 3.8) is 0 Å². The van der Waals surface area contributed by atoms with Gasteiger partial charge in [0.25, 0.3) is 0 Å². The third kappa shape index (κ3) is 5.27. The molecule has 1 aliphatic rings. The van der Waals surface area contributed by atoms with E-state index in [1.807, 2.05) is 42.5 Å². The number of rotatable bonds is 7. The summed E-state index contributed by atoms with van der Waals surface area (Å²) < 4.78 is 9.14. The lowest BCUT2D eigenvalue weighted by atomic mass is 10.0. The maximum Gasteiger partial charge on any atom is 0.160 e. The maximum atomic E-state index is 8.59. The van der Waals surface area contributed by atoms with E-state index in [9.17, 15) is 0 Å². The molecule has 0 saturated carbocycles. The van der Waals surface area contributed by atoms with Gasteiger partial charge in [0.2, 0.25) is 0 Å². The van der Waals surface area contributed by atoms with Crippen LogP contribution in [0.15, 0.2) is 204 Å². The molecule has 0 radical (unpaired) electrons. The Morgan fingerprint density at radius 2 is 1.36 bits per heavy atom. The summed E-state index contributed by atoms with van der Waals surface area (Å²) >= 11 is 0. The average Bonchev–Trinajstić information content (AvgIpc) is 3.80. The van der Waals surface area contributed by atoms with Crippen LogP contribution < -0.4 is 15.6 Å². The first-order valence-corrected chi connectivity index (χ1v) is 21.2. The predicted octanol–water partition coefficient (Wildman–Crippen LogP) is 10.9. The fourth-order valence-electron chi connectivity index (χ4n) is 9.21. The fraction of sp³-hybridized carbons (Fsp3) is 0.0588. The molecule has 5 heteroatoms. The Labute approximate surface area is 326 Å². The van der Waals surface area contributed by atoms with E-state index in [1.54, 1.807) is 6.21 Å². The van der Waals surface area contributed by atoms with E-state index in [0.717, 1.165) is 61.6 Å². The van der Waals surface area contributed by atoms with E-state index in [0.29, 0.717) is 0 Å². The van der Waals surface area contributed by atoms with Gasteiger partial charge in [0.05, 0.1) is 11.0 Å². The van der Waals surface area contributed by atoms with Crippen LogP contribution >= 0.6 is 0 Å². The number of benzene rings is 7. The number of aromatic nitrogens is 1. The van der Waals surface area contributed by atoms with E-state index in [-0.39, 0.29) is 10.9 Å². The standard InChI is InChI=1S/C51H39N3OSi/c1-51(31-14-5-15-32-51)56(39-21-8-3-9-22-39,40-23-10-4-11-24-40)41-27-30-46-45(34-41)43-28-29-44-42-25-12-13-26-47(42)55-49(44)48(43)54(46)38-20-16-17-36(33-38)35-53-50(52)37-18-6-2-7-19-37/h2-31,33-35,52H,32H2,1H3/b52-50?,53-35+. The summed E-state index contributed by atoms with van der Waals surface area (Å²) in [5.74, 6) is 0.228. The zero-order chi connectivity index (χ0) is 37.7. The number of aliphatic imine (C=N–C) groups is 1. The Balaban J connectivity index is 1.26. The van der Waals surface area contributed by atoms with Gasteiger partial charge in [0.15, 0.2) is 19.5 Å². The molecule has 1 N–H and O–H groups in total. The first kappa shape index (κ1) is 33.7. The molecule has 0 saturated heterocycles. The van der Waals surface area contributed by atoms with Gasteiger partial charge in [0.1, 0.15) is 5.58 Å². The second-order valence-electron chi connectivity index (χ2n) is 15.0. The first-order valence-electron chi connectivity index (χ1n) is 19.2. The monoisotopic (exact) mass is 737 g/mol. The van der Waals surface area contributed by atoms with Crippen LogP contribution in [0.3, 0.4) is 0 Å². The molecular weight excluding hydrogens is 699 g/mol. The number of allylic oxidation sites excluding steroid dienone is 4. The molecule has 7 aromatic carbocycles. The third-order valence-corrected chi connectivity index (χ3v) is 17.4. The third-order valence-electron chi connectivity index (χ3n) is 11.7. The smallest absolute Gasteiger partial charge is 0.160 e. The molecule has 1 unspecified atom stereocenters. The van der Waals surface area contributed by atoms with Gasteiger partial charge in [0, 0.05) is 39.0 Å². The fourth-order valence-corrected chi connectivity index (χ4v) is 15.0. The zero-order valence-electron chi connectivity index (χ0n) is 31.1. The Morgan fingerprint density at radius 3 is 2.09 bits per heavy atom. The van der Waals surface area contributed by atoms with E-state index in [4.69, 9.17) is 9.83 Å². The van der Waals surface area contributed by atoms with Crippen molar-refractivity contribution in [2.24, 2.45) is 4.99 Å². The predicted molar refractivity (Wildman–Crippen MR) is 238 cm³/mol. The van der Waals surface area contributed by atoms with E-state index in [2.05, 4.69) is 168 Å². The number of furan rings is 1. The summed E-state index contributed by atoms with van der Waals surface area (Å²) in [6.45, 7) is 2.47. The Bertz CT molecular complexity index is 2990. The molecule has 56 heavy (non-hydrogen) atoms. The average molecular weight is 738 g/mol. The molecule has 0 aliphatic heterocycles. The van der Waals surface area contributed by atoms with Crippen molar-refractivity contribution in [1.29, 1.82) is 5.41 Å². The van der Waals surface area contributed by atoms with Crippen LogP contribution in [0.25, 0.3) is 49.4 Å². The molecule has 2 aromatic heterocycles. The summed E-state index contributed by atoms with van der Waals surface area (Å²) in [4.78, 5) is 4.56. The number of amidine groups is 1. The minimum Gasteiger partial charge on any atom is -0.454 e. The van der Waals surface area contributed by atoms with Gasteiger partial charge in [-0.15, -0.1) is 0 Å². The molecule has 4 nitrogen and oxygen atoms in total. The molecule has 2 heterocycles. The second-order valence-corrected chi connectivity index (χ2v) is 19.3. The summed E-state index contributed by atoms with van der Waals surface area (Å²) in [6, 6.07) is 60.6. The topological polar surface area (TPSA) is 54.3 Å².